The smallest absolute Gasteiger partial charge is 0.235 e. The number of amides is 1. The van der Waals surface area contributed by atoms with Gasteiger partial charge in [0.05, 0.1) is 19.8 Å². The van der Waals surface area contributed by atoms with Gasteiger partial charge < -0.3 is 15.8 Å². The minimum absolute atomic E-state index is 0.0467. The molecule has 0 bridgehead atoms. The summed E-state index contributed by atoms with van der Waals surface area (Å²) in [7, 11) is 0. The van der Waals surface area contributed by atoms with E-state index >= 15 is 0 Å². The number of anilines is 1. The van der Waals surface area contributed by atoms with E-state index in [-0.39, 0.29) is 11.9 Å². The van der Waals surface area contributed by atoms with Crippen molar-refractivity contribution >= 4 is 22.4 Å². The summed E-state index contributed by atoms with van der Waals surface area (Å²) in [6.45, 7) is 3.23. The summed E-state index contributed by atoms with van der Waals surface area (Å²) in [5.74, 6) is -0.0467. The highest BCUT2D eigenvalue weighted by Crippen LogP contribution is 2.25. The first kappa shape index (κ1) is 15.9. The van der Waals surface area contributed by atoms with E-state index in [4.69, 9.17) is 10.5 Å². The first-order chi connectivity index (χ1) is 11.2. The average molecular weight is 333 g/mol. The van der Waals surface area contributed by atoms with Crippen LogP contribution in [0.25, 0.3) is 0 Å². The quantitative estimate of drug-likeness (QED) is 0.835. The normalized spacial score (nSPS) is 16.9. The molecule has 1 atom stereocenters. The van der Waals surface area contributed by atoms with Crippen molar-refractivity contribution in [3.63, 3.8) is 0 Å². The maximum absolute atomic E-state index is 12.4. The average Bonchev–Trinajstić information content (AvgIpc) is 3.00. The van der Waals surface area contributed by atoms with Gasteiger partial charge in [0.2, 0.25) is 11.0 Å². The van der Waals surface area contributed by atoms with E-state index < -0.39 is 0 Å². The molecule has 1 aliphatic heterocycles. The Hall–Kier alpha value is -2.03. The second kappa shape index (κ2) is 7.49. The van der Waals surface area contributed by atoms with E-state index in [2.05, 4.69) is 20.4 Å². The zero-order valence-corrected chi connectivity index (χ0v) is 13.5. The molecular weight excluding hydrogens is 314 g/mol. The highest BCUT2D eigenvalue weighted by molar-refractivity contribution is 7.15. The fourth-order valence-electron chi connectivity index (χ4n) is 2.47. The van der Waals surface area contributed by atoms with Crippen molar-refractivity contribution in [2.45, 2.75) is 6.04 Å². The molecular formula is C15H19N5O2S. The summed E-state index contributed by atoms with van der Waals surface area (Å²) < 4.78 is 5.30. The molecule has 3 rings (SSSR count). The molecule has 0 saturated carbocycles. The van der Waals surface area contributed by atoms with Gasteiger partial charge in [-0.2, -0.15) is 0 Å². The predicted octanol–water partition coefficient (Wildman–Crippen LogP) is 0.658. The molecule has 0 spiro atoms. The van der Waals surface area contributed by atoms with Crippen molar-refractivity contribution in [2.24, 2.45) is 0 Å². The van der Waals surface area contributed by atoms with Crippen molar-refractivity contribution in [1.82, 2.24) is 20.4 Å². The van der Waals surface area contributed by atoms with Gasteiger partial charge in [-0.15, -0.1) is 10.2 Å². The highest BCUT2D eigenvalue weighted by Gasteiger charge is 2.22. The fourth-order valence-corrected chi connectivity index (χ4v) is 3.16. The molecule has 0 radical (unpaired) electrons. The van der Waals surface area contributed by atoms with E-state index in [1.54, 1.807) is 0 Å². The third-order valence-corrected chi connectivity index (χ3v) is 4.43. The second-order valence-corrected chi connectivity index (χ2v) is 6.32. The summed E-state index contributed by atoms with van der Waals surface area (Å²) in [4.78, 5) is 14.5. The Kier molecular flexibility index (Phi) is 5.16. The molecule has 2 heterocycles. The van der Waals surface area contributed by atoms with Crippen LogP contribution in [0.2, 0.25) is 0 Å². The van der Waals surface area contributed by atoms with Gasteiger partial charge in [-0.3, -0.25) is 9.69 Å². The van der Waals surface area contributed by atoms with Gasteiger partial charge in [0.15, 0.2) is 0 Å². The SMILES string of the molecule is Nc1nnc([C@@H](NC(=O)CN2CCOCC2)c2ccccc2)s1. The third-order valence-electron chi connectivity index (χ3n) is 3.61. The standard InChI is InChI=1S/C15H19N5O2S/c16-15-19-18-14(23-15)13(11-4-2-1-3-5-11)17-12(21)10-20-6-8-22-9-7-20/h1-5,13H,6-10H2,(H2,16,19)(H,17,21)/t13-/m0/s1. The Morgan fingerprint density at radius 2 is 2.04 bits per heavy atom. The third kappa shape index (κ3) is 4.25. The zero-order valence-electron chi connectivity index (χ0n) is 12.6. The van der Waals surface area contributed by atoms with E-state index in [9.17, 15) is 4.79 Å². The number of aromatic nitrogens is 2. The molecule has 1 saturated heterocycles. The lowest BCUT2D eigenvalue weighted by Crippen LogP contribution is -2.44. The fraction of sp³-hybridized carbons (Fsp3) is 0.400. The Morgan fingerprint density at radius 1 is 1.30 bits per heavy atom. The molecule has 23 heavy (non-hydrogen) atoms. The van der Waals surface area contributed by atoms with Crippen LogP contribution in [-0.2, 0) is 9.53 Å². The number of carbonyl (C=O) groups is 1. The van der Waals surface area contributed by atoms with Crippen LogP contribution in [0.5, 0.6) is 0 Å². The first-order valence-electron chi connectivity index (χ1n) is 7.45. The molecule has 1 aromatic heterocycles. The van der Waals surface area contributed by atoms with Crippen molar-refractivity contribution in [3.05, 3.63) is 40.9 Å². The van der Waals surface area contributed by atoms with Crippen molar-refractivity contribution in [3.8, 4) is 0 Å². The van der Waals surface area contributed by atoms with Crippen LogP contribution in [0.1, 0.15) is 16.6 Å². The topological polar surface area (TPSA) is 93.4 Å². The van der Waals surface area contributed by atoms with Crippen molar-refractivity contribution in [2.75, 3.05) is 38.6 Å². The van der Waals surface area contributed by atoms with Crippen molar-refractivity contribution < 1.29 is 9.53 Å². The monoisotopic (exact) mass is 333 g/mol. The highest BCUT2D eigenvalue weighted by atomic mass is 32.1. The number of hydrogen-bond donors (Lipinski definition) is 2. The molecule has 1 fully saturated rings. The minimum atomic E-state index is -0.334. The molecule has 7 nitrogen and oxygen atoms in total. The van der Waals surface area contributed by atoms with E-state index in [1.807, 2.05) is 30.3 Å². The van der Waals surface area contributed by atoms with Gasteiger partial charge in [0, 0.05) is 13.1 Å². The number of morpholine rings is 1. The van der Waals surface area contributed by atoms with Crippen LogP contribution in [0, 0.1) is 0 Å². The number of nitrogens with two attached hydrogens (primary N) is 1. The number of nitrogens with one attached hydrogen (secondary N) is 1. The van der Waals surface area contributed by atoms with Crippen LogP contribution < -0.4 is 11.1 Å². The van der Waals surface area contributed by atoms with E-state index in [0.717, 1.165) is 18.7 Å². The largest absolute Gasteiger partial charge is 0.379 e. The van der Waals surface area contributed by atoms with Crippen LogP contribution in [-0.4, -0.2) is 53.9 Å². The molecule has 2 aromatic rings. The number of hydrogen-bond acceptors (Lipinski definition) is 7. The molecule has 8 heteroatoms. The molecule has 0 unspecified atom stereocenters. The molecule has 3 N–H and O–H groups in total. The number of carbonyl (C=O) groups excluding carboxylic acids is 1. The summed E-state index contributed by atoms with van der Waals surface area (Å²) in [6.07, 6.45) is 0. The van der Waals surface area contributed by atoms with Crippen molar-refractivity contribution in [1.29, 1.82) is 0 Å². The Balaban J connectivity index is 1.72. The van der Waals surface area contributed by atoms with Gasteiger partial charge in [0.25, 0.3) is 0 Å². The maximum atomic E-state index is 12.4. The van der Waals surface area contributed by atoms with Gasteiger partial charge >= 0.3 is 0 Å². The number of rotatable bonds is 5. The van der Waals surface area contributed by atoms with E-state index in [1.165, 1.54) is 11.3 Å². The minimum Gasteiger partial charge on any atom is -0.379 e. The van der Waals surface area contributed by atoms with Gasteiger partial charge in [-0.25, -0.2) is 0 Å². The van der Waals surface area contributed by atoms with Gasteiger partial charge in [-0.1, -0.05) is 41.7 Å². The van der Waals surface area contributed by atoms with E-state index in [0.29, 0.717) is 29.9 Å². The van der Waals surface area contributed by atoms with Crippen LogP contribution in [0.4, 0.5) is 5.13 Å². The molecule has 1 aliphatic rings. The molecule has 0 aliphatic carbocycles. The summed E-state index contributed by atoms with van der Waals surface area (Å²) >= 11 is 1.29. The zero-order chi connectivity index (χ0) is 16.1. The lowest BCUT2D eigenvalue weighted by Gasteiger charge is -2.26. The van der Waals surface area contributed by atoms with Gasteiger partial charge in [0.1, 0.15) is 11.0 Å². The first-order valence-corrected chi connectivity index (χ1v) is 8.27. The van der Waals surface area contributed by atoms with Crippen LogP contribution >= 0.6 is 11.3 Å². The number of nitrogen functional groups attached to an aromatic ring is 1. The lowest BCUT2D eigenvalue weighted by atomic mass is 10.1. The number of benzene rings is 1. The second-order valence-electron chi connectivity index (χ2n) is 5.28. The molecule has 122 valence electrons. The van der Waals surface area contributed by atoms with Crippen LogP contribution in [0.15, 0.2) is 30.3 Å². The molecule has 1 amide bonds. The predicted molar refractivity (Wildman–Crippen MR) is 88.0 cm³/mol. The summed E-state index contributed by atoms with van der Waals surface area (Å²) in [5, 5.41) is 12.1. The Labute approximate surface area is 138 Å². The maximum Gasteiger partial charge on any atom is 0.235 e. The Bertz CT molecular complexity index is 642. The Morgan fingerprint density at radius 3 is 2.70 bits per heavy atom. The molecule has 1 aromatic carbocycles. The number of nitrogens with zero attached hydrogens (tertiary/aromatic N) is 3. The summed E-state index contributed by atoms with van der Waals surface area (Å²) in [5.41, 5.74) is 6.64. The lowest BCUT2D eigenvalue weighted by molar-refractivity contribution is -0.123. The number of ether oxygens (including phenoxy) is 1. The van der Waals surface area contributed by atoms with Gasteiger partial charge in [-0.05, 0) is 5.56 Å². The summed E-state index contributed by atoms with van der Waals surface area (Å²) in [6, 6.07) is 9.38. The van der Waals surface area contributed by atoms with Crippen LogP contribution in [0.3, 0.4) is 0 Å².